The van der Waals surface area contributed by atoms with E-state index in [0.29, 0.717) is 12.2 Å². The lowest BCUT2D eigenvalue weighted by Gasteiger charge is -2.35. The average molecular weight is 277 g/mol. The summed E-state index contributed by atoms with van der Waals surface area (Å²) in [6.07, 6.45) is 2.65. The number of nitrogens with two attached hydrogens (primary N) is 1. The van der Waals surface area contributed by atoms with Gasteiger partial charge in [-0.3, -0.25) is 9.69 Å². The SMILES string of the molecule is CCCNC(=O)CN1CCN(c2ccc(N)cn2)CC1. The molecule has 6 heteroatoms. The molecule has 0 atom stereocenters. The lowest BCUT2D eigenvalue weighted by atomic mass is 10.3. The molecule has 1 aliphatic heterocycles. The molecule has 2 rings (SSSR count). The number of carbonyl (C=O) groups excluding carboxylic acids is 1. The molecule has 1 fully saturated rings. The maximum absolute atomic E-state index is 11.7. The third kappa shape index (κ3) is 4.09. The van der Waals surface area contributed by atoms with Crippen molar-refractivity contribution in [3.8, 4) is 0 Å². The monoisotopic (exact) mass is 277 g/mol. The Labute approximate surface area is 120 Å². The van der Waals surface area contributed by atoms with E-state index in [1.807, 2.05) is 12.1 Å². The van der Waals surface area contributed by atoms with Crippen molar-refractivity contribution in [2.45, 2.75) is 13.3 Å². The van der Waals surface area contributed by atoms with Crippen LogP contribution in [0.3, 0.4) is 0 Å². The van der Waals surface area contributed by atoms with Crippen LogP contribution in [0.1, 0.15) is 13.3 Å². The first-order chi connectivity index (χ1) is 9.69. The zero-order valence-corrected chi connectivity index (χ0v) is 12.0. The van der Waals surface area contributed by atoms with E-state index in [1.54, 1.807) is 6.20 Å². The van der Waals surface area contributed by atoms with Gasteiger partial charge in [0, 0.05) is 32.7 Å². The zero-order valence-electron chi connectivity index (χ0n) is 12.0. The van der Waals surface area contributed by atoms with Crippen molar-refractivity contribution in [2.24, 2.45) is 0 Å². The van der Waals surface area contributed by atoms with Crippen LogP contribution in [0.5, 0.6) is 0 Å². The highest BCUT2D eigenvalue weighted by atomic mass is 16.2. The predicted molar refractivity (Wildman–Crippen MR) is 80.6 cm³/mol. The molecule has 110 valence electrons. The lowest BCUT2D eigenvalue weighted by molar-refractivity contribution is -0.122. The number of amides is 1. The van der Waals surface area contributed by atoms with Crippen molar-refractivity contribution < 1.29 is 4.79 Å². The van der Waals surface area contributed by atoms with Gasteiger partial charge in [-0.25, -0.2) is 4.98 Å². The van der Waals surface area contributed by atoms with Crippen LogP contribution in [0.4, 0.5) is 11.5 Å². The fourth-order valence-corrected chi connectivity index (χ4v) is 2.24. The molecule has 0 saturated carbocycles. The Bertz CT molecular complexity index is 426. The summed E-state index contributed by atoms with van der Waals surface area (Å²) in [5, 5.41) is 2.91. The second-order valence-corrected chi connectivity index (χ2v) is 5.06. The smallest absolute Gasteiger partial charge is 0.234 e. The number of rotatable bonds is 5. The molecule has 0 radical (unpaired) electrons. The van der Waals surface area contributed by atoms with Crippen molar-refractivity contribution in [1.29, 1.82) is 0 Å². The molecule has 1 aliphatic rings. The first kappa shape index (κ1) is 14.6. The van der Waals surface area contributed by atoms with E-state index in [2.05, 4.69) is 27.0 Å². The number of aromatic nitrogens is 1. The molecule has 0 aromatic carbocycles. The summed E-state index contributed by atoms with van der Waals surface area (Å²) in [6.45, 7) is 6.84. The molecule has 1 amide bonds. The van der Waals surface area contributed by atoms with E-state index in [9.17, 15) is 4.79 Å². The molecule has 20 heavy (non-hydrogen) atoms. The molecular weight excluding hydrogens is 254 g/mol. The molecule has 3 N–H and O–H groups in total. The first-order valence-electron chi connectivity index (χ1n) is 7.14. The van der Waals surface area contributed by atoms with Gasteiger partial charge in [0.15, 0.2) is 0 Å². The number of carbonyl (C=O) groups is 1. The highest BCUT2D eigenvalue weighted by Crippen LogP contribution is 2.14. The highest BCUT2D eigenvalue weighted by Gasteiger charge is 2.19. The standard InChI is InChI=1S/C14H23N5O/c1-2-5-16-14(20)11-18-6-8-19(9-7-18)13-4-3-12(15)10-17-13/h3-4,10H,2,5-9,11,15H2,1H3,(H,16,20). The summed E-state index contributed by atoms with van der Waals surface area (Å²) in [5.74, 6) is 1.07. The number of pyridine rings is 1. The third-order valence-electron chi connectivity index (χ3n) is 3.41. The molecule has 0 bridgehead atoms. The van der Waals surface area contributed by atoms with Crippen molar-refractivity contribution in [3.63, 3.8) is 0 Å². The van der Waals surface area contributed by atoms with Gasteiger partial charge in [0.05, 0.1) is 18.4 Å². The largest absolute Gasteiger partial charge is 0.397 e. The number of hydrogen-bond acceptors (Lipinski definition) is 5. The van der Waals surface area contributed by atoms with Gasteiger partial charge in [0.1, 0.15) is 5.82 Å². The van der Waals surface area contributed by atoms with Gasteiger partial charge in [0.2, 0.25) is 5.91 Å². The van der Waals surface area contributed by atoms with Crippen molar-refractivity contribution >= 4 is 17.4 Å². The Morgan fingerprint density at radius 2 is 2.10 bits per heavy atom. The Hall–Kier alpha value is -1.82. The average Bonchev–Trinajstić information content (AvgIpc) is 2.47. The minimum absolute atomic E-state index is 0.117. The molecule has 1 saturated heterocycles. The van der Waals surface area contributed by atoms with Crippen LogP contribution in [-0.4, -0.2) is 55.1 Å². The third-order valence-corrected chi connectivity index (χ3v) is 3.41. The van der Waals surface area contributed by atoms with Gasteiger partial charge in [-0.2, -0.15) is 0 Å². The molecule has 0 spiro atoms. The van der Waals surface area contributed by atoms with Gasteiger partial charge >= 0.3 is 0 Å². The van der Waals surface area contributed by atoms with Gasteiger partial charge in [0.25, 0.3) is 0 Å². The van der Waals surface area contributed by atoms with E-state index in [0.717, 1.165) is 45.0 Å². The van der Waals surface area contributed by atoms with Crippen LogP contribution >= 0.6 is 0 Å². The second kappa shape index (κ2) is 7.09. The first-order valence-corrected chi connectivity index (χ1v) is 7.14. The van der Waals surface area contributed by atoms with E-state index >= 15 is 0 Å². The molecule has 6 nitrogen and oxygen atoms in total. The minimum atomic E-state index is 0.117. The lowest BCUT2D eigenvalue weighted by Crippen LogP contribution is -2.49. The fourth-order valence-electron chi connectivity index (χ4n) is 2.24. The molecule has 1 aromatic rings. The van der Waals surface area contributed by atoms with Gasteiger partial charge in [-0.1, -0.05) is 6.92 Å². The van der Waals surface area contributed by atoms with Crippen LogP contribution in [0.25, 0.3) is 0 Å². The Balaban J connectivity index is 1.77. The highest BCUT2D eigenvalue weighted by molar-refractivity contribution is 5.78. The summed E-state index contributed by atoms with van der Waals surface area (Å²) in [4.78, 5) is 20.4. The van der Waals surface area contributed by atoms with E-state index in [1.165, 1.54) is 0 Å². The van der Waals surface area contributed by atoms with Crippen LogP contribution in [0, 0.1) is 0 Å². The van der Waals surface area contributed by atoms with Crippen molar-refractivity contribution in [3.05, 3.63) is 18.3 Å². The van der Waals surface area contributed by atoms with Crippen LogP contribution < -0.4 is 16.0 Å². The number of nitrogen functional groups attached to an aromatic ring is 1. The molecule has 0 unspecified atom stereocenters. The summed E-state index contributed by atoms with van der Waals surface area (Å²) >= 11 is 0. The number of hydrogen-bond donors (Lipinski definition) is 2. The summed E-state index contributed by atoms with van der Waals surface area (Å²) in [6, 6.07) is 3.81. The molecule has 2 heterocycles. The maximum Gasteiger partial charge on any atom is 0.234 e. The van der Waals surface area contributed by atoms with Gasteiger partial charge in [-0.05, 0) is 18.6 Å². The summed E-state index contributed by atoms with van der Waals surface area (Å²) in [5.41, 5.74) is 6.32. The van der Waals surface area contributed by atoms with Crippen LogP contribution in [-0.2, 0) is 4.79 Å². The van der Waals surface area contributed by atoms with Crippen LogP contribution in [0.15, 0.2) is 18.3 Å². The summed E-state index contributed by atoms with van der Waals surface area (Å²) < 4.78 is 0. The Morgan fingerprint density at radius 1 is 1.35 bits per heavy atom. The summed E-state index contributed by atoms with van der Waals surface area (Å²) in [7, 11) is 0. The Morgan fingerprint density at radius 3 is 2.70 bits per heavy atom. The van der Waals surface area contributed by atoms with E-state index < -0.39 is 0 Å². The maximum atomic E-state index is 11.7. The minimum Gasteiger partial charge on any atom is -0.397 e. The van der Waals surface area contributed by atoms with Crippen molar-refractivity contribution in [2.75, 3.05) is 49.9 Å². The van der Waals surface area contributed by atoms with Gasteiger partial charge in [-0.15, -0.1) is 0 Å². The predicted octanol–water partition coefficient (Wildman–Crippen LogP) is 0.312. The van der Waals surface area contributed by atoms with E-state index in [-0.39, 0.29) is 5.91 Å². The number of nitrogens with zero attached hydrogens (tertiary/aromatic N) is 3. The van der Waals surface area contributed by atoms with E-state index in [4.69, 9.17) is 5.73 Å². The molecule has 0 aliphatic carbocycles. The normalized spacial score (nSPS) is 16.1. The Kier molecular flexibility index (Phi) is 5.17. The molecule has 1 aromatic heterocycles. The number of piperazine rings is 1. The second-order valence-electron chi connectivity index (χ2n) is 5.06. The number of nitrogens with one attached hydrogen (secondary N) is 1. The number of anilines is 2. The van der Waals surface area contributed by atoms with Gasteiger partial charge < -0.3 is 16.0 Å². The topological polar surface area (TPSA) is 74.5 Å². The quantitative estimate of drug-likeness (QED) is 0.810. The molecular formula is C14H23N5O. The fraction of sp³-hybridized carbons (Fsp3) is 0.571. The van der Waals surface area contributed by atoms with Crippen LogP contribution in [0.2, 0.25) is 0 Å². The zero-order chi connectivity index (χ0) is 14.4. The van der Waals surface area contributed by atoms with Crippen molar-refractivity contribution in [1.82, 2.24) is 15.2 Å².